The highest BCUT2D eigenvalue weighted by Crippen LogP contribution is 2.29. The van der Waals surface area contributed by atoms with Crippen molar-refractivity contribution in [2.75, 3.05) is 7.11 Å². The molecule has 1 aromatic heterocycles. The summed E-state index contributed by atoms with van der Waals surface area (Å²) in [5.41, 5.74) is 4.97. The van der Waals surface area contributed by atoms with Crippen molar-refractivity contribution >= 4 is 0 Å². The minimum atomic E-state index is -0.383. The third kappa shape index (κ3) is 3.17. The van der Waals surface area contributed by atoms with Gasteiger partial charge in [-0.25, -0.2) is 0 Å². The van der Waals surface area contributed by atoms with E-state index in [0.717, 1.165) is 28.0 Å². The van der Waals surface area contributed by atoms with Gasteiger partial charge in [0.1, 0.15) is 17.4 Å². The molecule has 0 bridgehead atoms. The maximum absolute atomic E-state index is 12.5. The predicted octanol–water partition coefficient (Wildman–Crippen LogP) is 4.21. The third-order valence-corrected chi connectivity index (χ3v) is 4.23. The zero-order chi connectivity index (χ0) is 18.0. The highest BCUT2D eigenvalue weighted by atomic mass is 16.5. The normalized spacial score (nSPS) is 10.3. The molecule has 0 saturated heterocycles. The molecule has 4 nitrogen and oxygen atoms in total. The first kappa shape index (κ1) is 16.5. The summed E-state index contributed by atoms with van der Waals surface area (Å²) in [5, 5.41) is 9.43. The van der Waals surface area contributed by atoms with E-state index >= 15 is 0 Å². The Morgan fingerprint density at radius 2 is 1.72 bits per heavy atom. The number of aromatic amines is 1. The van der Waals surface area contributed by atoms with Gasteiger partial charge in [0.2, 0.25) is 0 Å². The molecule has 25 heavy (non-hydrogen) atoms. The fourth-order valence-electron chi connectivity index (χ4n) is 2.84. The zero-order valence-corrected chi connectivity index (χ0v) is 14.4. The summed E-state index contributed by atoms with van der Waals surface area (Å²) >= 11 is 0. The summed E-state index contributed by atoms with van der Waals surface area (Å²) in [6.07, 6.45) is 0. The lowest BCUT2D eigenvalue weighted by Gasteiger charge is -2.11. The highest BCUT2D eigenvalue weighted by Gasteiger charge is 2.13. The average molecular weight is 330 g/mol. The Labute approximate surface area is 146 Å². The zero-order valence-electron chi connectivity index (χ0n) is 14.4. The number of H-pyrrole nitrogens is 1. The second kappa shape index (κ2) is 6.66. The molecule has 0 saturated carbocycles. The van der Waals surface area contributed by atoms with Crippen molar-refractivity contribution < 1.29 is 4.74 Å². The van der Waals surface area contributed by atoms with Crippen molar-refractivity contribution in [1.29, 1.82) is 5.26 Å². The Bertz CT molecular complexity index is 1030. The van der Waals surface area contributed by atoms with E-state index in [1.807, 2.05) is 68.4 Å². The number of pyridine rings is 1. The van der Waals surface area contributed by atoms with Gasteiger partial charge in [-0.05, 0) is 49.2 Å². The summed E-state index contributed by atoms with van der Waals surface area (Å²) in [5.74, 6) is 0.724. The first-order valence-electron chi connectivity index (χ1n) is 7.93. The largest absolute Gasteiger partial charge is 0.497 e. The fourth-order valence-corrected chi connectivity index (χ4v) is 2.84. The summed E-state index contributed by atoms with van der Waals surface area (Å²) in [4.78, 5) is 15.3. The van der Waals surface area contributed by atoms with Crippen molar-refractivity contribution in [2.24, 2.45) is 0 Å². The Hall–Kier alpha value is -3.32. The molecule has 1 N–H and O–H groups in total. The predicted molar refractivity (Wildman–Crippen MR) is 98.7 cm³/mol. The molecule has 2 aromatic carbocycles. The number of ether oxygens (including phenoxy) is 1. The van der Waals surface area contributed by atoms with Gasteiger partial charge in [0, 0.05) is 16.8 Å². The van der Waals surface area contributed by atoms with Crippen LogP contribution in [0.15, 0.2) is 53.3 Å². The van der Waals surface area contributed by atoms with Crippen LogP contribution >= 0.6 is 0 Å². The molecule has 0 spiro atoms. The van der Waals surface area contributed by atoms with Crippen LogP contribution in [0.4, 0.5) is 0 Å². The Morgan fingerprint density at radius 1 is 1.00 bits per heavy atom. The SMILES string of the molecule is COc1ccc(-c2cc(-c3cc(C)ccc3C)[nH]c(=O)c2C#N)cc1. The van der Waals surface area contributed by atoms with Gasteiger partial charge in [-0.1, -0.05) is 29.8 Å². The molecule has 0 atom stereocenters. The van der Waals surface area contributed by atoms with E-state index in [9.17, 15) is 10.1 Å². The topological polar surface area (TPSA) is 65.9 Å². The second-order valence-corrected chi connectivity index (χ2v) is 5.96. The van der Waals surface area contributed by atoms with E-state index in [1.165, 1.54) is 0 Å². The van der Waals surface area contributed by atoms with Crippen LogP contribution in [0.25, 0.3) is 22.4 Å². The smallest absolute Gasteiger partial charge is 0.266 e. The van der Waals surface area contributed by atoms with Crippen LogP contribution in [0.1, 0.15) is 16.7 Å². The van der Waals surface area contributed by atoms with Crippen LogP contribution in [0.3, 0.4) is 0 Å². The van der Waals surface area contributed by atoms with E-state index < -0.39 is 0 Å². The first-order chi connectivity index (χ1) is 12.0. The van der Waals surface area contributed by atoms with Gasteiger partial charge >= 0.3 is 0 Å². The van der Waals surface area contributed by atoms with E-state index in [-0.39, 0.29) is 11.1 Å². The molecule has 0 fully saturated rings. The van der Waals surface area contributed by atoms with Gasteiger partial charge in [-0.3, -0.25) is 4.79 Å². The molecule has 0 unspecified atom stereocenters. The Kier molecular flexibility index (Phi) is 4.40. The van der Waals surface area contributed by atoms with Crippen LogP contribution < -0.4 is 10.3 Å². The molecule has 0 aliphatic carbocycles. The van der Waals surface area contributed by atoms with Crippen LogP contribution in [-0.4, -0.2) is 12.1 Å². The summed E-state index contributed by atoms with van der Waals surface area (Å²) < 4.78 is 5.17. The van der Waals surface area contributed by atoms with Gasteiger partial charge in [0.05, 0.1) is 7.11 Å². The Balaban J connectivity index is 2.24. The molecule has 0 aliphatic rings. The summed E-state index contributed by atoms with van der Waals surface area (Å²) in [6.45, 7) is 4.01. The summed E-state index contributed by atoms with van der Waals surface area (Å²) in [6, 6.07) is 17.3. The lowest BCUT2D eigenvalue weighted by atomic mass is 9.96. The first-order valence-corrected chi connectivity index (χ1v) is 7.93. The molecule has 3 rings (SSSR count). The monoisotopic (exact) mass is 330 g/mol. The highest BCUT2D eigenvalue weighted by molar-refractivity contribution is 5.76. The standard InChI is InChI=1S/C21H18N2O2/c1-13-4-5-14(2)17(10-13)20-11-18(19(12-22)21(24)23-20)15-6-8-16(25-3)9-7-15/h4-11H,1-3H3,(H,23,24). The maximum Gasteiger partial charge on any atom is 0.266 e. The fraction of sp³-hybridized carbons (Fsp3) is 0.143. The molecule has 4 heteroatoms. The van der Waals surface area contributed by atoms with Crippen molar-refractivity contribution in [3.05, 3.63) is 75.6 Å². The molecule has 0 amide bonds. The van der Waals surface area contributed by atoms with Gasteiger partial charge in [-0.2, -0.15) is 5.26 Å². The van der Waals surface area contributed by atoms with Crippen molar-refractivity contribution in [2.45, 2.75) is 13.8 Å². The third-order valence-electron chi connectivity index (χ3n) is 4.23. The second-order valence-electron chi connectivity index (χ2n) is 5.96. The number of nitrogens with one attached hydrogen (secondary N) is 1. The number of nitrogens with zero attached hydrogens (tertiary/aromatic N) is 1. The van der Waals surface area contributed by atoms with Crippen LogP contribution in [0.5, 0.6) is 5.75 Å². The van der Waals surface area contributed by atoms with Gasteiger partial charge in [0.15, 0.2) is 0 Å². The van der Waals surface area contributed by atoms with E-state index in [2.05, 4.69) is 4.98 Å². The van der Waals surface area contributed by atoms with Crippen molar-refractivity contribution in [1.82, 2.24) is 4.98 Å². The summed E-state index contributed by atoms with van der Waals surface area (Å²) in [7, 11) is 1.60. The number of methoxy groups -OCH3 is 1. The van der Waals surface area contributed by atoms with Crippen LogP contribution in [0, 0.1) is 25.2 Å². The molecule has 124 valence electrons. The molecule has 3 aromatic rings. The van der Waals surface area contributed by atoms with Crippen LogP contribution in [-0.2, 0) is 0 Å². The van der Waals surface area contributed by atoms with E-state index in [1.54, 1.807) is 7.11 Å². The lowest BCUT2D eigenvalue weighted by molar-refractivity contribution is 0.415. The molecule has 0 aliphatic heterocycles. The molecular formula is C21H18N2O2. The lowest BCUT2D eigenvalue weighted by Crippen LogP contribution is -2.13. The maximum atomic E-state index is 12.5. The van der Waals surface area contributed by atoms with Crippen LogP contribution in [0.2, 0.25) is 0 Å². The number of hydrogen-bond acceptors (Lipinski definition) is 3. The molecule has 0 radical (unpaired) electrons. The minimum Gasteiger partial charge on any atom is -0.497 e. The number of nitriles is 1. The quantitative estimate of drug-likeness (QED) is 0.782. The average Bonchev–Trinajstić information content (AvgIpc) is 2.63. The number of hydrogen-bond donors (Lipinski definition) is 1. The molecular weight excluding hydrogens is 312 g/mol. The number of rotatable bonds is 3. The molecule has 1 heterocycles. The minimum absolute atomic E-state index is 0.110. The number of benzene rings is 2. The van der Waals surface area contributed by atoms with Crippen molar-refractivity contribution in [3.8, 4) is 34.2 Å². The van der Waals surface area contributed by atoms with Gasteiger partial charge in [0.25, 0.3) is 5.56 Å². The van der Waals surface area contributed by atoms with Gasteiger partial charge in [-0.15, -0.1) is 0 Å². The Morgan fingerprint density at radius 3 is 2.36 bits per heavy atom. The number of aromatic nitrogens is 1. The van der Waals surface area contributed by atoms with E-state index in [4.69, 9.17) is 4.74 Å². The van der Waals surface area contributed by atoms with E-state index in [0.29, 0.717) is 11.3 Å². The van der Waals surface area contributed by atoms with Crippen molar-refractivity contribution in [3.63, 3.8) is 0 Å². The van der Waals surface area contributed by atoms with Gasteiger partial charge < -0.3 is 9.72 Å². The number of aryl methyl sites for hydroxylation is 2.